The predicted octanol–water partition coefficient (Wildman–Crippen LogP) is 1.95. The molecule has 0 aromatic heterocycles. The first-order chi connectivity index (χ1) is 11.2. The number of hydrogen-bond acceptors (Lipinski definition) is 5. The molecule has 1 aliphatic heterocycles. The van der Waals surface area contributed by atoms with E-state index in [2.05, 4.69) is 0 Å². The van der Waals surface area contributed by atoms with Crippen molar-refractivity contribution in [2.24, 2.45) is 0 Å². The molecule has 6 nitrogen and oxygen atoms in total. The van der Waals surface area contributed by atoms with Crippen LogP contribution in [0.25, 0.3) is 0 Å². The summed E-state index contributed by atoms with van der Waals surface area (Å²) >= 11 is 6.12. The smallest absolute Gasteiger partial charge is 0.246 e. The number of nitrogens with zero attached hydrogens (tertiary/aromatic N) is 1. The van der Waals surface area contributed by atoms with Gasteiger partial charge in [0.15, 0.2) is 0 Å². The lowest BCUT2D eigenvalue weighted by atomic mass is 9.96. The van der Waals surface area contributed by atoms with Gasteiger partial charge in [-0.1, -0.05) is 11.6 Å². The number of rotatable bonds is 5. The highest BCUT2D eigenvalue weighted by atomic mass is 35.5. The van der Waals surface area contributed by atoms with Gasteiger partial charge in [0.05, 0.1) is 18.8 Å². The van der Waals surface area contributed by atoms with Gasteiger partial charge in [-0.05, 0) is 50.8 Å². The maximum Gasteiger partial charge on any atom is 0.246 e. The third-order valence-electron chi connectivity index (χ3n) is 4.31. The van der Waals surface area contributed by atoms with Gasteiger partial charge >= 0.3 is 0 Å². The number of aliphatic hydroxyl groups is 2. The summed E-state index contributed by atoms with van der Waals surface area (Å²) < 4.78 is 32.9. The molecule has 0 saturated carbocycles. The zero-order valence-electron chi connectivity index (χ0n) is 14.0. The number of halogens is 1. The van der Waals surface area contributed by atoms with Crippen molar-refractivity contribution in [1.82, 2.24) is 4.31 Å². The highest BCUT2D eigenvalue weighted by molar-refractivity contribution is 7.89. The molecule has 0 amide bonds. The number of sulfonamides is 1. The molecule has 1 aromatic carbocycles. The average molecular weight is 378 g/mol. The minimum Gasteiger partial charge on any atom is -0.492 e. The number of hydrogen-bond donors (Lipinski definition) is 2. The van der Waals surface area contributed by atoms with Gasteiger partial charge in [-0.15, -0.1) is 0 Å². The first kappa shape index (κ1) is 19.5. The average Bonchev–Trinajstić information content (AvgIpc) is 2.74. The number of aliphatic hydroxyl groups excluding tert-OH is 1. The van der Waals surface area contributed by atoms with Gasteiger partial charge in [-0.25, -0.2) is 8.42 Å². The fourth-order valence-electron chi connectivity index (χ4n) is 2.80. The molecule has 2 rings (SSSR count). The van der Waals surface area contributed by atoms with Gasteiger partial charge < -0.3 is 14.9 Å². The van der Waals surface area contributed by atoms with E-state index < -0.39 is 15.6 Å². The molecule has 1 atom stereocenters. The standard InChI is InChI=1S/C16H24ClNO5S/c1-3-23-14-9-12(2)13(17)10-15(14)24(21,22)18-7-4-5-16(20,11-19)6-8-18/h9-10,19-20H,3-8,11H2,1-2H3/t16-/m0/s1. The van der Waals surface area contributed by atoms with Gasteiger partial charge in [0.1, 0.15) is 10.6 Å². The van der Waals surface area contributed by atoms with E-state index in [-0.39, 0.29) is 36.8 Å². The van der Waals surface area contributed by atoms with Crippen molar-refractivity contribution in [2.45, 2.75) is 43.6 Å². The quantitative estimate of drug-likeness (QED) is 0.818. The molecule has 1 aromatic rings. The monoisotopic (exact) mass is 377 g/mol. The van der Waals surface area contributed by atoms with Crippen LogP contribution < -0.4 is 4.74 Å². The summed E-state index contributed by atoms with van der Waals surface area (Å²) in [4.78, 5) is 0.0365. The Morgan fingerprint density at radius 1 is 1.33 bits per heavy atom. The Kier molecular flexibility index (Phi) is 6.14. The maximum atomic E-state index is 13.0. The third-order valence-corrected chi connectivity index (χ3v) is 6.64. The van der Waals surface area contributed by atoms with Crippen LogP contribution in [0.2, 0.25) is 5.02 Å². The molecule has 1 saturated heterocycles. The zero-order valence-corrected chi connectivity index (χ0v) is 15.5. The fraction of sp³-hybridized carbons (Fsp3) is 0.625. The van der Waals surface area contributed by atoms with Gasteiger partial charge in [-0.2, -0.15) is 4.31 Å². The predicted molar refractivity (Wildman–Crippen MR) is 92.0 cm³/mol. The van der Waals surface area contributed by atoms with Crippen molar-refractivity contribution in [3.8, 4) is 5.75 Å². The van der Waals surface area contributed by atoms with Crippen LogP contribution in [0.3, 0.4) is 0 Å². The molecule has 0 radical (unpaired) electrons. The van der Waals surface area contributed by atoms with Crippen molar-refractivity contribution in [3.63, 3.8) is 0 Å². The molecular formula is C16H24ClNO5S. The molecule has 136 valence electrons. The summed E-state index contributed by atoms with van der Waals surface area (Å²) in [6.07, 6.45) is 1.02. The van der Waals surface area contributed by atoms with E-state index in [1.807, 2.05) is 0 Å². The molecule has 24 heavy (non-hydrogen) atoms. The van der Waals surface area contributed by atoms with Crippen LogP contribution in [-0.2, 0) is 10.0 Å². The van der Waals surface area contributed by atoms with E-state index in [4.69, 9.17) is 16.3 Å². The van der Waals surface area contributed by atoms with E-state index in [1.165, 1.54) is 10.4 Å². The van der Waals surface area contributed by atoms with Crippen molar-refractivity contribution in [3.05, 3.63) is 22.7 Å². The lowest BCUT2D eigenvalue weighted by molar-refractivity contribution is -0.0244. The Morgan fingerprint density at radius 2 is 2.04 bits per heavy atom. The van der Waals surface area contributed by atoms with Gasteiger partial charge in [0.2, 0.25) is 10.0 Å². The second-order valence-corrected chi connectivity index (χ2v) is 8.43. The summed E-state index contributed by atoms with van der Waals surface area (Å²) in [7, 11) is -3.80. The minimum atomic E-state index is -3.80. The third kappa shape index (κ3) is 4.03. The zero-order chi connectivity index (χ0) is 18.0. The van der Waals surface area contributed by atoms with Crippen molar-refractivity contribution in [1.29, 1.82) is 0 Å². The van der Waals surface area contributed by atoms with E-state index >= 15 is 0 Å². The van der Waals surface area contributed by atoms with Crippen molar-refractivity contribution < 1.29 is 23.4 Å². The Labute approximate surface area is 148 Å². The van der Waals surface area contributed by atoms with E-state index in [0.717, 1.165) is 5.56 Å². The molecule has 0 spiro atoms. The first-order valence-corrected chi connectivity index (χ1v) is 9.81. The normalized spacial score (nSPS) is 23.0. The molecule has 2 N–H and O–H groups in total. The van der Waals surface area contributed by atoms with Crippen LogP contribution in [0.5, 0.6) is 5.75 Å². The molecule has 0 aliphatic carbocycles. The molecule has 8 heteroatoms. The molecule has 1 fully saturated rings. The topological polar surface area (TPSA) is 87.1 Å². The van der Waals surface area contributed by atoms with E-state index in [9.17, 15) is 18.6 Å². The summed E-state index contributed by atoms with van der Waals surface area (Å²) in [5.74, 6) is 0.279. The van der Waals surface area contributed by atoms with E-state index in [0.29, 0.717) is 24.5 Å². The van der Waals surface area contributed by atoms with Crippen LogP contribution in [-0.4, -0.2) is 54.8 Å². The Hall–Kier alpha value is -0.860. The minimum absolute atomic E-state index is 0.0365. The number of ether oxygens (including phenoxy) is 1. The Morgan fingerprint density at radius 3 is 2.67 bits per heavy atom. The SMILES string of the molecule is CCOc1cc(C)c(Cl)cc1S(=O)(=O)N1CCC[C@@](O)(CO)CC1. The lowest BCUT2D eigenvalue weighted by Gasteiger charge is -2.25. The molecule has 0 unspecified atom stereocenters. The molecule has 0 bridgehead atoms. The van der Waals surface area contributed by atoms with Gasteiger partial charge in [0.25, 0.3) is 0 Å². The summed E-state index contributed by atoms with van der Waals surface area (Å²) in [5.41, 5.74) is -0.484. The number of aryl methyl sites for hydroxylation is 1. The largest absolute Gasteiger partial charge is 0.492 e. The van der Waals surface area contributed by atoms with Crippen molar-refractivity contribution >= 4 is 21.6 Å². The molecular weight excluding hydrogens is 354 g/mol. The van der Waals surface area contributed by atoms with Crippen LogP contribution in [0.15, 0.2) is 17.0 Å². The van der Waals surface area contributed by atoms with Crippen LogP contribution in [0.4, 0.5) is 0 Å². The molecule has 1 aliphatic rings. The first-order valence-electron chi connectivity index (χ1n) is 8.00. The fourth-order valence-corrected chi connectivity index (χ4v) is 4.64. The van der Waals surface area contributed by atoms with Crippen molar-refractivity contribution in [2.75, 3.05) is 26.3 Å². The van der Waals surface area contributed by atoms with Crippen LogP contribution in [0, 0.1) is 6.92 Å². The second-order valence-electron chi connectivity index (χ2n) is 6.12. The Bertz CT molecular complexity index is 694. The van der Waals surface area contributed by atoms with E-state index in [1.54, 1.807) is 19.9 Å². The lowest BCUT2D eigenvalue weighted by Crippen LogP contribution is -2.36. The highest BCUT2D eigenvalue weighted by Gasteiger charge is 2.35. The summed E-state index contributed by atoms with van der Waals surface area (Å²) in [5, 5.41) is 19.9. The summed E-state index contributed by atoms with van der Waals surface area (Å²) in [6.45, 7) is 3.95. The van der Waals surface area contributed by atoms with Gasteiger partial charge in [-0.3, -0.25) is 0 Å². The Balaban J connectivity index is 2.38. The number of benzene rings is 1. The highest BCUT2D eigenvalue weighted by Crippen LogP contribution is 2.34. The van der Waals surface area contributed by atoms with Crippen LogP contribution in [0.1, 0.15) is 31.7 Å². The van der Waals surface area contributed by atoms with Crippen LogP contribution >= 0.6 is 11.6 Å². The summed E-state index contributed by atoms with van der Waals surface area (Å²) in [6, 6.07) is 3.04. The molecule has 1 heterocycles. The second kappa shape index (κ2) is 7.58. The maximum absolute atomic E-state index is 13.0. The van der Waals surface area contributed by atoms with Gasteiger partial charge in [0, 0.05) is 18.1 Å².